The Labute approximate surface area is 200 Å². The largest absolute Gasteiger partial charge is 0.486 e. The molecule has 1 aromatic heterocycles. The van der Waals surface area contributed by atoms with Crippen molar-refractivity contribution in [2.24, 2.45) is 5.92 Å². The maximum atomic E-state index is 5.85. The van der Waals surface area contributed by atoms with Crippen LogP contribution in [0.5, 0.6) is 17.4 Å². The van der Waals surface area contributed by atoms with E-state index in [0.29, 0.717) is 19.1 Å². The summed E-state index contributed by atoms with van der Waals surface area (Å²) in [7, 11) is 1.63. The lowest BCUT2D eigenvalue weighted by Gasteiger charge is -2.22. The molecule has 0 unspecified atom stereocenters. The minimum Gasteiger partial charge on any atom is -0.486 e. The molecule has 0 amide bonds. The molecule has 1 saturated heterocycles. The van der Waals surface area contributed by atoms with E-state index in [1.807, 2.05) is 30.3 Å². The molecule has 2 aliphatic rings. The quantitative estimate of drug-likeness (QED) is 0.461. The maximum Gasteiger partial charge on any atom is 0.238 e. The average Bonchev–Trinajstić information content (AvgIpc) is 2.90. The zero-order valence-corrected chi connectivity index (χ0v) is 19.6. The van der Waals surface area contributed by atoms with Gasteiger partial charge < -0.3 is 30.2 Å². The van der Waals surface area contributed by atoms with Gasteiger partial charge in [-0.1, -0.05) is 18.2 Å². The Morgan fingerprint density at radius 2 is 1.82 bits per heavy atom. The number of fused-ring (bicyclic) bond motifs is 1. The monoisotopic (exact) mass is 460 g/mol. The van der Waals surface area contributed by atoms with Crippen molar-refractivity contribution in [1.29, 1.82) is 0 Å². The van der Waals surface area contributed by atoms with Gasteiger partial charge in [0.1, 0.15) is 18.9 Å². The number of para-hydroxylation sites is 1. The summed E-state index contributed by atoms with van der Waals surface area (Å²) >= 11 is 0. The second-order valence-electron chi connectivity index (χ2n) is 8.73. The zero-order valence-electron chi connectivity index (χ0n) is 19.6. The number of piperidine rings is 1. The Bertz CT molecular complexity index is 1100. The molecule has 0 saturated carbocycles. The minimum absolute atomic E-state index is 0.527. The van der Waals surface area contributed by atoms with Crippen LogP contribution in [-0.4, -0.2) is 44.9 Å². The molecule has 7 nitrogen and oxygen atoms in total. The molecule has 7 heteroatoms. The first-order chi connectivity index (χ1) is 16.8. The molecular formula is C27H32N4O3. The molecule has 2 aliphatic heterocycles. The van der Waals surface area contributed by atoms with Crippen molar-refractivity contribution in [3.8, 4) is 28.6 Å². The fourth-order valence-corrected chi connectivity index (χ4v) is 4.48. The van der Waals surface area contributed by atoms with Crippen LogP contribution in [-0.2, 0) is 6.54 Å². The van der Waals surface area contributed by atoms with Gasteiger partial charge in [0.05, 0.1) is 12.8 Å². The lowest BCUT2D eigenvalue weighted by molar-refractivity contribution is 0.172. The van der Waals surface area contributed by atoms with E-state index in [2.05, 4.69) is 40.2 Å². The van der Waals surface area contributed by atoms with Gasteiger partial charge in [-0.05, 0) is 80.4 Å². The molecule has 3 heterocycles. The molecule has 1 fully saturated rings. The summed E-state index contributed by atoms with van der Waals surface area (Å²) in [6.07, 6.45) is 2.52. The van der Waals surface area contributed by atoms with Gasteiger partial charge in [0, 0.05) is 17.8 Å². The number of pyridine rings is 1. The van der Waals surface area contributed by atoms with E-state index >= 15 is 0 Å². The van der Waals surface area contributed by atoms with Gasteiger partial charge in [-0.25, -0.2) is 4.98 Å². The number of hydrogen-bond donors (Lipinski definition) is 3. The third-order valence-electron chi connectivity index (χ3n) is 6.35. The van der Waals surface area contributed by atoms with E-state index in [1.165, 1.54) is 18.4 Å². The summed E-state index contributed by atoms with van der Waals surface area (Å²) in [5, 5.41) is 10.5. The molecule has 5 rings (SSSR count). The molecular weight excluding hydrogens is 428 g/mol. The number of methoxy groups -OCH3 is 1. The normalized spacial score (nSPS) is 15.7. The second kappa shape index (κ2) is 10.8. The number of anilines is 2. The van der Waals surface area contributed by atoms with E-state index in [4.69, 9.17) is 19.2 Å². The highest BCUT2D eigenvalue weighted by molar-refractivity contribution is 5.74. The number of rotatable bonds is 8. The molecule has 3 aromatic rings. The minimum atomic E-state index is 0.527. The SMILES string of the molecule is COc1nc(-c2cccc3c2OCCO3)ccc1Nc1ccc(CNCC2CCNCC2)cc1. The molecule has 0 spiro atoms. The Kier molecular flexibility index (Phi) is 7.12. The third-order valence-corrected chi connectivity index (χ3v) is 6.35. The first-order valence-corrected chi connectivity index (χ1v) is 12.0. The number of ether oxygens (including phenoxy) is 3. The van der Waals surface area contributed by atoms with Crippen LogP contribution in [0.2, 0.25) is 0 Å². The third kappa shape index (κ3) is 5.26. The molecule has 0 aliphatic carbocycles. The Morgan fingerprint density at radius 1 is 1.00 bits per heavy atom. The maximum absolute atomic E-state index is 5.85. The Balaban J connectivity index is 1.24. The molecule has 2 aromatic carbocycles. The number of nitrogens with one attached hydrogen (secondary N) is 3. The van der Waals surface area contributed by atoms with Crippen LogP contribution < -0.4 is 30.2 Å². The van der Waals surface area contributed by atoms with Gasteiger partial charge in [-0.2, -0.15) is 0 Å². The van der Waals surface area contributed by atoms with E-state index in [1.54, 1.807) is 7.11 Å². The smallest absolute Gasteiger partial charge is 0.238 e. The second-order valence-corrected chi connectivity index (χ2v) is 8.73. The van der Waals surface area contributed by atoms with Gasteiger partial charge in [0.25, 0.3) is 0 Å². The van der Waals surface area contributed by atoms with Gasteiger partial charge >= 0.3 is 0 Å². The van der Waals surface area contributed by atoms with Crippen molar-refractivity contribution in [3.63, 3.8) is 0 Å². The highest BCUT2D eigenvalue weighted by Crippen LogP contribution is 2.40. The van der Waals surface area contributed by atoms with Crippen LogP contribution in [0.4, 0.5) is 11.4 Å². The van der Waals surface area contributed by atoms with Crippen LogP contribution in [0.3, 0.4) is 0 Å². The zero-order chi connectivity index (χ0) is 23.2. The summed E-state index contributed by atoms with van der Waals surface area (Å²) in [4.78, 5) is 4.73. The topological polar surface area (TPSA) is 76.7 Å². The van der Waals surface area contributed by atoms with E-state index in [9.17, 15) is 0 Å². The molecule has 3 N–H and O–H groups in total. The molecule has 34 heavy (non-hydrogen) atoms. The number of benzene rings is 2. The van der Waals surface area contributed by atoms with Crippen LogP contribution in [0.1, 0.15) is 18.4 Å². The van der Waals surface area contributed by atoms with Crippen LogP contribution in [0.25, 0.3) is 11.3 Å². The van der Waals surface area contributed by atoms with E-state index < -0.39 is 0 Å². The standard InChI is InChI=1S/C27H32N4O3/c1-32-27-24(10-9-23(31-27)22-3-2-4-25-26(22)34-16-15-33-25)30-21-7-5-19(6-8-21)17-29-18-20-11-13-28-14-12-20/h2-10,20,28-30H,11-18H2,1H3. The molecule has 0 radical (unpaired) electrons. The van der Waals surface area contributed by atoms with Crippen LogP contribution >= 0.6 is 0 Å². The van der Waals surface area contributed by atoms with Gasteiger partial charge in [0.15, 0.2) is 11.5 Å². The van der Waals surface area contributed by atoms with Gasteiger partial charge in [0.2, 0.25) is 5.88 Å². The Morgan fingerprint density at radius 3 is 2.65 bits per heavy atom. The summed E-state index contributed by atoms with van der Waals surface area (Å²) in [5.41, 5.74) is 4.74. The summed E-state index contributed by atoms with van der Waals surface area (Å²) in [5.74, 6) is 2.79. The van der Waals surface area contributed by atoms with Crippen molar-refractivity contribution >= 4 is 11.4 Å². The van der Waals surface area contributed by atoms with Crippen molar-refractivity contribution in [2.45, 2.75) is 19.4 Å². The van der Waals surface area contributed by atoms with Crippen LogP contribution in [0.15, 0.2) is 54.6 Å². The lowest BCUT2D eigenvalue weighted by Crippen LogP contribution is -2.33. The summed E-state index contributed by atoms with van der Waals surface area (Å²) in [6, 6.07) is 18.3. The number of hydrogen-bond acceptors (Lipinski definition) is 7. The number of aromatic nitrogens is 1. The molecule has 0 atom stereocenters. The predicted octanol–water partition coefficient (Wildman–Crippen LogP) is 4.36. The molecule has 0 bridgehead atoms. The predicted molar refractivity (Wildman–Crippen MR) is 134 cm³/mol. The average molecular weight is 461 g/mol. The summed E-state index contributed by atoms with van der Waals surface area (Å²) < 4.78 is 17.2. The van der Waals surface area contributed by atoms with E-state index in [-0.39, 0.29) is 0 Å². The lowest BCUT2D eigenvalue weighted by atomic mass is 9.98. The summed E-state index contributed by atoms with van der Waals surface area (Å²) in [6.45, 7) is 5.34. The molecule has 178 valence electrons. The van der Waals surface area contributed by atoms with Crippen molar-refractivity contribution in [2.75, 3.05) is 45.3 Å². The van der Waals surface area contributed by atoms with Crippen molar-refractivity contribution < 1.29 is 14.2 Å². The number of nitrogens with zero attached hydrogens (tertiary/aromatic N) is 1. The highest BCUT2D eigenvalue weighted by atomic mass is 16.6. The van der Waals surface area contributed by atoms with Crippen molar-refractivity contribution in [1.82, 2.24) is 15.6 Å². The fraction of sp³-hybridized carbons (Fsp3) is 0.370. The first-order valence-electron chi connectivity index (χ1n) is 12.0. The van der Waals surface area contributed by atoms with E-state index in [0.717, 1.165) is 66.2 Å². The first kappa shape index (κ1) is 22.5. The van der Waals surface area contributed by atoms with Crippen LogP contribution in [0, 0.1) is 5.92 Å². The van der Waals surface area contributed by atoms with Gasteiger partial charge in [-0.15, -0.1) is 0 Å². The highest BCUT2D eigenvalue weighted by Gasteiger charge is 2.19. The Hall–Kier alpha value is -3.29. The fourth-order valence-electron chi connectivity index (χ4n) is 4.48. The van der Waals surface area contributed by atoms with Crippen molar-refractivity contribution in [3.05, 3.63) is 60.2 Å². The van der Waals surface area contributed by atoms with Gasteiger partial charge in [-0.3, -0.25) is 0 Å².